The summed E-state index contributed by atoms with van der Waals surface area (Å²) in [6.07, 6.45) is 5.34. The van der Waals surface area contributed by atoms with Crippen molar-refractivity contribution in [2.24, 2.45) is 10.8 Å². The molecule has 0 aliphatic heterocycles. The van der Waals surface area contributed by atoms with Gasteiger partial charge in [0.05, 0.1) is 11.9 Å². The van der Waals surface area contributed by atoms with Gasteiger partial charge in [-0.05, 0) is 30.1 Å². The first kappa shape index (κ1) is 14.2. The van der Waals surface area contributed by atoms with Crippen LogP contribution in [-0.2, 0) is 13.0 Å². The van der Waals surface area contributed by atoms with Gasteiger partial charge in [0.25, 0.3) is 0 Å². The van der Waals surface area contributed by atoms with E-state index in [9.17, 15) is 0 Å². The number of aromatic nitrogens is 3. The molecule has 0 aliphatic rings. The largest absolute Gasteiger partial charge is 0.249 e. The van der Waals surface area contributed by atoms with Gasteiger partial charge in [0, 0.05) is 6.54 Å². The van der Waals surface area contributed by atoms with Crippen molar-refractivity contribution in [1.82, 2.24) is 15.0 Å². The van der Waals surface area contributed by atoms with E-state index >= 15 is 0 Å². The van der Waals surface area contributed by atoms with Gasteiger partial charge in [-0.1, -0.05) is 46.8 Å². The topological polar surface area (TPSA) is 30.7 Å². The zero-order chi connectivity index (χ0) is 13.1. The summed E-state index contributed by atoms with van der Waals surface area (Å²) >= 11 is 0. The summed E-state index contributed by atoms with van der Waals surface area (Å²) in [4.78, 5) is 0. The number of hydrogen-bond acceptors (Lipinski definition) is 2. The fourth-order valence-corrected chi connectivity index (χ4v) is 1.91. The van der Waals surface area contributed by atoms with Crippen molar-refractivity contribution in [1.29, 1.82) is 0 Å². The summed E-state index contributed by atoms with van der Waals surface area (Å²) in [6, 6.07) is 0. The highest BCUT2D eigenvalue weighted by atomic mass is 15.4. The van der Waals surface area contributed by atoms with Crippen molar-refractivity contribution >= 4 is 0 Å². The molecule has 3 nitrogen and oxygen atoms in total. The normalized spacial score (nSPS) is 13.1. The van der Waals surface area contributed by atoms with Crippen LogP contribution in [0.25, 0.3) is 0 Å². The second kappa shape index (κ2) is 5.19. The van der Waals surface area contributed by atoms with Crippen molar-refractivity contribution in [3.8, 4) is 0 Å². The summed E-state index contributed by atoms with van der Waals surface area (Å²) in [5, 5.41) is 8.22. The molecule has 1 rings (SSSR count). The van der Waals surface area contributed by atoms with Crippen LogP contribution in [0.15, 0.2) is 6.20 Å². The summed E-state index contributed by atoms with van der Waals surface area (Å²) in [7, 11) is 0. The Morgan fingerprint density at radius 1 is 1.06 bits per heavy atom. The Balaban J connectivity index is 2.52. The first-order valence-electron chi connectivity index (χ1n) is 6.55. The first-order chi connectivity index (χ1) is 7.67. The Hall–Kier alpha value is -0.860. The highest BCUT2D eigenvalue weighted by Crippen LogP contribution is 2.22. The Kier molecular flexibility index (Phi) is 4.34. The fourth-order valence-electron chi connectivity index (χ4n) is 1.91. The molecule has 0 atom stereocenters. The summed E-state index contributed by atoms with van der Waals surface area (Å²) in [5.74, 6) is 0. The third-order valence-corrected chi connectivity index (χ3v) is 2.71. The Bertz CT molecular complexity index is 339. The molecule has 3 heteroatoms. The maximum atomic E-state index is 4.19. The predicted molar refractivity (Wildman–Crippen MR) is 71.9 cm³/mol. The molecule has 0 saturated heterocycles. The molecule has 1 heterocycles. The van der Waals surface area contributed by atoms with Gasteiger partial charge in [0.2, 0.25) is 0 Å². The molecule has 1 aromatic rings. The number of hydrogen-bond donors (Lipinski definition) is 0. The van der Waals surface area contributed by atoms with Crippen LogP contribution in [0.5, 0.6) is 0 Å². The predicted octanol–water partition coefficient (Wildman–Crippen LogP) is 3.69. The third-order valence-electron chi connectivity index (χ3n) is 2.71. The number of nitrogens with zero attached hydrogens (tertiary/aromatic N) is 3. The monoisotopic (exact) mass is 237 g/mol. The van der Waals surface area contributed by atoms with E-state index in [1.54, 1.807) is 0 Å². The van der Waals surface area contributed by atoms with Crippen molar-refractivity contribution in [3.05, 3.63) is 11.9 Å². The first-order valence-corrected chi connectivity index (χ1v) is 6.55. The van der Waals surface area contributed by atoms with E-state index in [1.165, 1.54) is 18.5 Å². The molecular formula is C14H27N3. The summed E-state index contributed by atoms with van der Waals surface area (Å²) < 4.78 is 2.07. The van der Waals surface area contributed by atoms with Crippen LogP contribution >= 0.6 is 0 Å². The molecule has 17 heavy (non-hydrogen) atoms. The van der Waals surface area contributed by atoms with Crippen molar-refractivity contribution < 1.29 is 0 Å². The summed E-state index contributed by atoms with van der Waals surface area (Å²) in [5.41, 5.74) is 1.96. The van der Waals surface area contributed by atoms with Crippen LogP contribution in [-0.4, -0.2) is 15.0 Å². The molecule has 0 fully saturated rings. The molecule has 0 N–H and O–H groups in total. The van der Waals surface area contributed by atoms with Crippen molar-refractivity contribution in [2.45, 2.75) is 67.3 Å². The fraction of sp³-hybridized carbons (Fsp3) is 0.857. The molecule has 0 aromatic carbocycles. The van der Waals surface area contributed by atoms with Crippen molar-refractivity contribution in [2.75, 3.05) is 0 Å². The van der Waals surface area contributed by atoms with E-state index in [0.29, 0.717) is 10.8 Å². The van der Waals surface area contributed by atoms with Gasteiger partial charge in [0.1, 0.15) is 0 Å². The summed E-state index contributed by atoms with van der Waals surface area (Å²) in [6.45, 7) is 14.6. The Morgan fingerprint density at radius 3 is 2.24 bits per heavy atom. The van der Waals surface area contributed by atoms with Crippen LogP contribution in [0.1, 0.15) is 60.1 Å². The lowest BCUT2D eigenvalue weighted by Gasteiger charge is -2.20. The van der Waals surface area contributed by atoms with Gasteiger partial charge in [-0.2, -0.15) is 0 Å². The minimum Gasteiger partial charge on any atom is -0.249 e. The van der Waals surface area contributed by atoms with Crippen LogP contribution in [0.2, 0.25) is 0 Å². The lowest BCUT2D eigenvalue weighted by molar-refractivity contribution is 0.339. The van der Waals surface area contributed by atoms with Gasteiger partial charge < -0.3 is 0 Å². The van der Waals surface area contributed by atoms with Gasteiger partial charge in [-0.25, -0.2) is 4.68 Å². The zero-order valence-corrected chi connectivity index (χ0v) is 12.2. The quantitative estimate of drug-likeness (QED) is 0.799. The van der Waals surface area contributed by atoms with E-state index < -0.39 is 0 Å². The lowest BCUT2D eigenvalue weighted by Crippen LogP contribution is -2.15. The molecule has 0 amide bonds. The molecule has 0 saturated carbocycles. The van der Waals surface area contributed by atoms with E-state index in [-0.39, 0.29) is 0 Å². The van der Waals surface area contributed by atoms with Gasteiger partial charge >= 0.3 is 0 Å². The van der Waals surface area contributed by atoms with Gasteiger partial charge in [-0.3, -0.25) is 0 Å². The average molecular weight is 237 g/mol. The molecule has 98 valence electrons. The molecule has 0 spiro atoms. The van der Waals surface area contributed by atoms with Gasteiger partial charge in [-0.15, -0.1) is 5.10 Å². The SMILES string of the molecule is CC(C)(C)CCCn1nncc1CC(C)(C)C. The smallest absolute Gasteiger partial charge is 0.0725 e. The molecule has 1 aromatic heterocycles. The Morgan fingerprint density at radius 2 is 1.71 bits per heavy atom. The van der Waals surface area contributed by atoms with Gasteiger partial charge in [0.15, 0.2) is 0 Å². The van der Waals surface area contributed by atoms with Crippen LogP contribution in [0.3, 0.4) is 0 Å². The molecular weight excluding hydrogens is 210 g/mol. The average Bonchev–Trinajstić information content (AvgIpc) is 2.47. The lowest BCUT2D eigenvalue weighted by atomic mass is 9.90. The number of rotatable bonds is 4. The van der Waals surface area contributed by atoms with Crippen LogP contribution < -0.4 is 0 Å². The second-order valence-electron chi connectivity index (χ2n) is 7.35. The molecule has 0 bridgehead atoms. The minimum atomic E-state index is 0.295. The maximum absolute atomic E-state index is 4.19. The standard InChI is InChI=1S/C14H27N3/c1-13(2,3)8-7-9-17-12(11-15-16-17)10-14(4,5)6/h11H,7-10H2,1-6H3. The van der Waals surface area contributed by atoms with Crippen LogP contribution in [0.4, 0.5) is 0 Å². The second-order valence-corrected chi connectivity index (χ2v) is 7.35. The Labute approximate surface area is 106 Å². The van der Waals surface area contributed by atoms with E-state index in [0.717, 1.165) is 13.0 Å². The zero-order valence-electron chi connectivity index (χ0n) is 12.2. The molecule has 0 unspecified atom stereocenters. The highest BCUT2D eigenvalue weighted by Gasteiger charge is 2.16. The third kappa shape index (κ3) is 5.85. The van der Waals surface area contributed by atoms with E-state index in [1.807, 2.05) is 6.20 Å². The van der Waals surface area contributed by atoms with Crippen molar-refractivity contribution in [3.63, 3.8) is 0 Å². The minimum absolute atomic E-state index is 0.295. The molecule has 0 radical (unpaired) electrons. The van der Waals surface area contributed by atoms with E-state index in [2.05, 4.69) is 56.5 Å². The highest BCUT2D eigenvalue weighted by molar-refractivity contribution is 4.97. The number of aryl methyl sites for hydroxylation is 1. The maximum Gasteiger partial charge on any atom is 0.0725 e. The van der Waals surface area contributed by atoms with Crippen LogP contribution in [0, 0.1) is 10.8 Å². The van der Waals surface area contributed by atoms with E-state index in [4.69, 9.17) is 0 Å². The molecule has 0 aliphatic carbocycles.